The number of ether oxygens (including phenoxy) is 1. The second-order valence-corrected chi connectivity index (χ2v) is 5.53. The minimum atomic E-state index is -0.476. The van der Waals surface area contributed by atoms with Crippen LogP contribution in [-0.4, -0.2) is 12.5 Å². The Morgan fingerprint density at radius 2 is 1.73 bits per heavy atom. The fourth-order valence-corrected chi connectivity index (χ4v) is 2.05. The molecule has 0 aliphatic heterocycles. The summed E-state index contributed by atoms with van der Waals surface area (Å²) in [7, 11) is 0. The van der Waals surface area contributed by atoms with Gasteiger partial charge in [0.25, 0.3) is 5.91 Å². The first-order valence-corrected chi connectivity index (χ1v) is 7.38. The van der Waals surface area contributed by atoms with Crippen molar-refractivity contribution in [2.45, 2.75) is 26.3 Å². The van der Waals surface area contributed by atoms with Crippen LogP contribution in [-0.2, 0) is 11.3 Å². The molecule has 2 aromatic rings. The topological polar surface area (TPSA) is 64.3 Å². The van der Waals surface area contributed by atoms with Crippen LogP contribution in [0.25, 0.3) is 0 Å². The molecular weight excluding hydrogens is 276 g/mol. The summed E-state index contributed by atoms with van der Waals surface area (Å²) in [6, 6.07) is 16.1. The molecule has 0 unspecified atom stereocenters. The molecule has 0 radical (unpaired) electrons. The lowest BCUT2D eigenvalue weighted by atomic mass is 10.0. The minimum absolute atomic E-state index is 0.0974. The molecule has 2 rings (SSSR count). The van der Waals surface area contributed by atoms with Crippen LogP contribution in [0.1, 0.15) is 30.9 Å². The zero-order valence-corrected chi connectivity index (χ0v) is 13.0. The Kier molecular flexibility index (Phi) is 5.42. The first-order valence-electron chi connectivity index (χ1n) is 7.38. The molecule has 0 heterocycles. The number of carbonyl (C=O) groups excluding carboxylic acids is 1. The first kappa shape index (κ1) is 15.9. The summed E-state index contributed by atoms with van der Waals surface area (Å²) < 4.78 is 5.23. The number of anilines is 1. The second-order valence-electron chi connectivity index (χ2n) is 5.53. The number of benzene rings is 2. The van der Waals surface area contributed by atoms with Crippen molar-refractivity contribution >= 4 is 11.6 Å². The van der Waals surface area contributed by atoms with Crippen molar-refractivity contribution in [3.8, 4) is 5.75 Å². The molecule has 22 heavy (non-hydrogen) atoms. The van der Waals surface area contributed by atoms with Gasteiger partial charge in [0.1, 0.15) is 5.75 Å². The molecule has 0 atom stereocenters. The number of nitrogens with two attached hydrogens (primary N) is 1. The van der Waals surface area contributed by atoms with Gasteiger partial charge < -0.3 is 15.8 Å². The highest BCUT2D eigenvalue weighted by Gasteiger charge is 2.00. The fourth-order valence-electron chi connectivity index (χ4n) is 2.05. The summed E-state index contributed by atoms with van der Waals surface area (Å²) in [6.45, 7) is 5.01. The van der Waals surface area contributed by atoms with Gasteiger partial charge in [-0.2, -0.15) is 0 Å². The van der Waals surface area contributed by atoms with Crippen molar-refractivity contribution < 1.29 is 9.53 Å². The van der Waals surface area contributed by atoms with E-state index >= 15 is 0 Å². The van der Waals surface area contributed by atoms with Crippen LogP contribution in [0.15, 0.2) is 48.5 Å². The van der Waals surface area contributed by atoms with Crippen molar-refractivity contribution in [2.24, 2.45) is 5.73 Å². The van der Waals surface area contributed by atoms with E-state index in [2.05, 4.69) is 43.4 Å². The molecule has 0 aromatic heterocycles. The van der Waals surface area contributed by atoms with Gasteiger partial charge in [-0.15, -0.1) is 0 Å². The molecule has 0 spiro atoms. The summed E-state index contributed by atoms with van der Waals surface area (Å²) >= 11 is 0. The van der Waals surface area contributed by atoms with Crippen molar-refractivity contribution in [3.05, 3.63) is 59.7 Å². The number of hydrogen-bond acceptors (Lipinski definition) is 3. The molecule has 0 aliphatic carbocycles. The zero-order valence-electron chi connectivity index (χ0n) is 13.0. The molecule has 0 saturated heterocycles. The quantitative estimate of drug-likeness (QED) is 0.824. The molecule has 4 heteroatoms. The Morgan fingerprint density at radius 3 is 2.27 bits per heavy atom. The molecule has 0 fully saturated rings. The van der Waals surface area contributed by atoms with Gasteiger partial charge in [0.2, 0.25) is 0 Å². The fraction of sp³-hybridized carbons (Fsp3) is 0.278. The Hall–Kier alpha value is -2.49. The van der Waals surface area contributed by atoms with Crippen molar-refractivity contribution in [1.29, 1.82) is 0 Å². The van der Waals surface area contributed by atoms with Crippen molar-refractivity contribution in [1.82, 2.24) is 0 Å². The van der Waals surface area contributed by atoms with Gasteiger partial charge >= 0.3 is 0 Å². The smallest absolute Gasteiger partial charge is 0.255 e. The number of amides is 1. The Balaban J connectivity index is 1.87. The standard InChI is InChI=1S/C18H22N2O2/c1-13(2)15-5-7-16(8-6-15)20-11-14-3-9-17(10-4-14)22-12-18(19)21/h3-10,13,20H,11-12H2,1-2H3,(H2,19,21). The van der Waals surface area contributed by atoms with Crippen molar-refractivity contribution in [2.75, 3.05) is 11.9 Å². The SMILES string of the molecule is CC(C)c1ccc(NCc2ccc(OCC(N)=O)cc2)cc1. The van der Waals surface area contributed by atoms with E-state index in [0.717, 1.165) is 17.8 Å². The number of rotatable bonds is 7. The van der Waals surface area contributed by atoms with Crippen LogP contribution in [0.2, 0.25) is 0 Å². The van der Waals surface area contributed by atoms with Gasteiger partial charge in [0.15, 0.2) is 6.61 Å². The maximum Gasteiger partial charge on any atom is 0.255 e. The normalized spacial score (nSPS) is 10.5. The van der Waals surface area contributed by atoms with Gasteiger partial charge in [-0.1, -0.05) is 38.1 Å². The molecule has 2 aromatic carbocycles. The minimum Gasteiger partial charge on any atom is -0.484 e. The third-order valence-corrected chi connectivity index (χ3v) is 3.38. The number of nitrogens with one attached hydrogen (secondary N) is 1. The lowest BCUT2D eigenvalue weighted by Gasteiger charge is -2.10. The van der Waals surface area contributed by atoms with Crippen LogP contribution >= 0.6 is 0 Å². The van der Waals surface area contributed by atoms with E-state index in [1.807, 2.05) is 24.3 Å². The summed E-state index contributed by atoms with van der Waals surface area (Å²) in [5.74, 6) is 0.710. The lowest BCUT2D eigenvalue weighted by Crippen LogP contribution is -2.19. The van der Waals surface area contributed by atoms with Crippen molar-refractivity contribution in [3.63, 3.8) is 0 Å². The highest BCUT2D eigenvalue weighted by Crippen LogP contribution is 2.18. The maximum absolute atomic E-state index is 10.7. The van der Waals surface area contributed by atoms with E-state index < -0.39 is 5.91 Å². The molecule has 0 aliphatic rings. The van der Waals surface area contributed by atoms with Crippen LogP contribution in [0.5, 0.6) is 5.75 Å². The Bertz CT molecular complexity index is 604. The number of primary amides is 1. The van der Waals surface area contributed by atoms with Crippen LogP contribution < -0.4 is 15.8 Å². The van der Waals surface area contributed by atoms with Gasteiger partial charge in [-0.25, -0.2) is 0 Å². The highest BCUT2D eigenvalue weighted by atomic mass is 16.5. The monoisotopic (exact) mass is 298 g/mol. The van der Waals surface area contributed by atoms with Gasteiger partial charge in [-0.05, 0) is 41.3 Å². The summed E-state index contributed by atoms with van der Waals surface area (Å²) in [5, 5.41) is 3.38. The van der Waals surface area contributed by atoms with Gasteiger partial charge in [-0.3, -0.25) is 4.79 Å². The molecular formula is C18H22N2O2. The van der Waals surface area contributed by atoms with E-state index in [-0.39, 0.29) is 6.61 Å². The van der Waals surface area contributed by atoms with Gasteiger partial charge in [0.05, 0.1) is 0 Å². The van der Waals surface area contributed by atoms with Crippen LogP contribution in [0.3, 0.4) is 0 Å². The van der Waals surface area contributed by atoms with E-state index in [9.17, 15) is 4.79 Å². The second kappa shape index (κ2) is 7.50. The summed E-state index contributed by atoms with van der Waals surface area (Å²) in [4.78, 5) is 10.7. The summed E-state index contributed by atoms with van der Waals surface area (Å²) in [5.41, 5.74) is 8.61. The Morgan fingerprint density at radius 1 is 1.09 bits per heavy atom. The van der Waals surface area contributed by atoms with E-state index in [1.54, 1.807) is 0 Å². The highest BCUT2D eigenvalue weighted by molar-refractivity contribution is 5.75. The van der Waals surface area contributed by atoms with E-state index in [0.29, 0.717) is 11.7 Å². The first-order chi connectivity index (χ1) is 10.5. The predicted octanol–water partition coefficient (Wildman–Crippen LogP) is 3.29. The van der Waals surface area contributed by atoms with Crippen LogP contribution in [0.4, 0.5) is 5.69 Å². The van der Waals surface area contributed by atoms with Crippen LogP contribution in [0, 0.1) is 0 Å². The maximum atomic E-state index is 10.7. The summed E-state index contributed by atoms with van der Waals surface area (Å²) in [6.07, 6.45) is 0. The predicted molar refractivity (Wildman–Crippen MR) is 89.0 cm³/mol. The molecule has 0 saturated carbocycles. The lowest BCUT2D eigenvalue weighted by molar-refractivity contribution is -0.119. The Labute approximate surface area is 131 Å². The third kappa shape index (κ3) is 4.81. The van der Waals surface area contributed by atoms with E-state index in [4.69, 9.17) is 10.5 Å². The number of carbonyl (C=O) groups is 1. The van der Waals surface area contributed by atoms with E-state index in [1.165, 1.54) is 5.56 Å². The molecule has 1 amide bonds. The average molecular weight is 298 g/mol. The molecule has 116 valence electrons. The van der Waals surface area contributed by atoms with Gasteiger partial charge in [0, 0.05) is 12.2 Å². The molecule has 3 N–H and O–H groups in total. The average Bonchev–Trinajstić information content (AvgIpc) is 2.52. The molecule has 0 bridgehead atoms. The zero-order chi connectivity index (χ0) is 15.9. The number of hydrogen-bond donors (Lipinski definition) is 2. The molecule has 4 nitrogen and oxygen atoms in total. The largest absolute Gasteiger partial charge is 0.484 e. The third-order valence-electron chi connectivity index (χ3n) is 3.38.